The molecule has 0 aromatic heterocycles. The normalized spacial score (nSPS) is 22.8. The van der Waals surface area contributed by atoms with Crippen LogP contribution in [-0.4, -0.2) is 28.9 Å². The molecule has 0 bridgehead atoms. The molecule has 0 saturated carbocycles. The molecular formula is C13H17FN2O. The predicted octanol–water partition coefficient (Wildman–Crippen LogP) is 1.78. The van der Waals surface area contributed by atoms with Crippen molar-refractivity contribution in [1.82, 2.24) is 4.90 Å². The lowest BCUT2D eigenvalue weighted by molar-refractivity contribution is 0.0636. The first-order valence-electron chi connectivity index (χ1n) is 5.76. The maximum atomic E-state index is 13.1. The Bertz CT molecular complexity index is 445. The Morgan fingerprint density at radius 3 is 2.76 bits per heavy atom. The first-order chi connectivity index (χ1) is 7.93. The Morgan fingerprint density at radius 1 is 1.53 bits per heavy atom. The summed E-state index contributed by atoms with van der Waals surface area (Å²) in [7, 11) is 0. The molecule has 2 N–H and O–H groups in total. The molecule has 1 amide bonds. The highest BCUT2D eigenvalue weighted by Gasteiger charge is 2.41. The Kier molecular flexibility index (Phi) is 2.91. The van der Waals surface area contributed by atoms with E-state index in [1.165, 1.54) is 12.1 Å². The molecule has 4 heteroatoms. The minimum absolute atomic E-state index is 0.0278. The van der Waals surface area contributed by atoms with E-state index in [-0.39, 0.29) is 17.5 Å². The second-order valence-corrected chi connectivity index (χ2v) is 5.02. The van der Waals surface area contributed by atoms with Gasteiger partial charge in [0.2, 0.25) is 0 Å². The lowest BCUT2D eigenvalue weighted by Gasteiger charge is -2.34. The van der Waals surface area contributed by atoms with Crippen molar-refractivity contribution in [2.45, 2.75) is 31.8 Å². The van der Waals surface area contributed by atoms with Crippen LogP contribution in [0.5, 0.6) is 0 Å². The number of rotatable bonds is 1. The first kappa shape index (κ1) is 12.0. The Labute approximate surface area is 100 Å². The molecule has 0 radical (unpaired) electrons. The van der Waals surface area contributed by atoms with Crippen LogP contribution in [0.2, 0.25) is 0 Å². The van der Waals surface area contributed by atoms with Gasteiger partial charge in [-0.15, -0.1) is 0 Å². The lowest BCUT2D eigenvalue weighted by atomic mass is 9.96. The molecule has 1 saturated heterocycles. The largest absolute Gasteiger partial charge is 0.332 e. The van der Waals surface area contributed by atoms with E-state index in [0.717, 1.165) is 6.42 Å². The van der Waals surface area contributed by atoms with Crippen LogP contribution in [0, 0.1) is 5.82 Å². The highest BCUT2D eigenvalue weighted by Crippen LogP contribution is 2.29. The van der Waals surface area contributed by atoms with Crippen LogP contribution in [0.15, 0.2) is 24.3 Å². The highest BCUT2D eigenvalue weighted by atomic mass is 19.1. The van der Waals surface area contributed by atoms with Gasteiger partial charge in [0.05, 0.1) is 5.54 Å². The fourth-order valence-corrected chi connectivity index (χ4v) is 2.25. The number of amides is 1. The van der Waals surface area contributed by atoms with Gasteiger partial charge in [0.1, 0.15) is 5.82 Å². The summed E-state index contributed by atoms with van der Waals surface area (Å²) in [6.07, 6.45) is 0.786. The van der Waals surface area contributed by atoms with Crippen LogP contribution >= 0.6 is 0 Å². The van der Waals surface area contributed by atoms with Crippen molar-refractivity contribution in [3.8, 4) is 0 Å². The van der Waals surface area contributed by atoms with E-state index in [1.807, 2.05) is 13.8 Å². The van der Waals surface area contributed by atoms with Crippen molar-refractivity contribution in [3.63, 3.8) is 0 Å². The monoisotopic (exact) mass is 236 g/mol. The summed E-state index contributed by atoms with van der Waals surface area (Å²) in [4.78, 5) is 14.0. The molecule has 0 spiro atoms. The van der Waals surface area contributed by atoms with E-state index >= 15 is 0 Å². The molecule has 17 heavy (non-hydrogen) atoms. The summed E-state index contributed by atoms with van der Waals surface area (Å²) in [5, 5.41) is 0. The second-order valence-electron chi connectivity index (χ2n) is 5.02. The van der Waals surface area contributed by atoms with Crippen LogP contribution in [0.25, 0.3) is 0 Å². The number of benzene rings is 1. The number of halogens is 1. The standard InChI is InChI=1S/C13H17FN2O/c1-13(2)11(15)6-7-16(13)12(17)9-4-3-5-10(14)8-9/h3-5,8,11H,6-7,15H2,1-2H3. The average molecular weight is 236 g/mol. The minimum Gasteiger partial charge on any atom is -0.332 e. The maximum absolute atomic E-state index is 13.1. The number of carbonyl (C=O) groups excluding carboxylic acids is 1. The van der Waals surface area contributed by atoms with Gasteiger partial charge in [-0.3, -0.25) is 4.79 Å². The van der Waals surface area contributed by atoms with E-state index in [9.17, 15) is 9.18 Å². The van der Waals surface area contributed by atoms with Crippen LogP contribution < -0.4 is 5.73 Å². The molecule has 1 fully saturated rings. The zero-order valence-corrected chi connectivity index (χ0v) is 10.1. The van der Waals surface area contributed by atoms with Gasteiger partial charge >= 0.3 is 0 Å². The van der Waals surface area contributed by atoms with Gasteiger partial charge in [0, 0.05) is 18.2 Å². The third kappa shape index (κ3) is 2.05. The number of hydrogen-bond acceptors (Lipinski definition) is 2. The van der Waals surface area contributed by atoms with E-state index in [1.54, 1.807) is 17.0 Å². The van der Waals surface area contributed by atoms with Crippen LogP contribution in [0.3, 0.4) is 0 Å². The summed E-state index contributed by atoms with van der Waals surface area (Å²) in [6.45, 7) is 4.52. The third-order valence-electron chi connectivity index (χ3n) is 3.58. The summed E-state index contributed by atoms with van der Waals surface area (Å²) in [5.41, 5.74) is 5.99. The Morgan fingerprint density at radius 2 is 2.24 bits per heavy atom. The molecule has 2 rings (SSSR count). The number of hydrogen-bond donors (Lipinski definition) is 1. The van der Waals surface area contributed by atoms with E-state index < -0.39 is 5.82 Å². The number of nitrogens with two attached hydrogens (primary N) is 1. The zero-order valence-electron chi connectivity index (χ0n) is 10.1. The van der Waals surface area contributed by atoms with Crippen molar-refractivity contribution < 1.29 is 9.18 Å². The molecule has 3 nitrogen and oxygen atoms in total. The molecule has 1 aromatic carbocycles. The summed E-state index contributed by atoms with van der Waals surface area (Å²) in [5.74, 6) is -0.542. The molecule has 0 aliphatic carbocycles. The van der Waals surface area contributed by atoms with Crippen LogP contribution in [0.1, 0.15) is 30.6 Å². The summed E-state index contributed by atoms with van der Waals surface area (Å²) < 4.78 is 13.1. The van der Waals surface area contributed by atoms with Crippen LogP contribution in [0.4, 0.5) is 4.39 Å². The van der Waals surface area contributed by atoms with Gasteiger partial charge in [0.25, 0.3) is 5.91 Å². The summed E-state index contributed by atoms with van der Waals surface area (Å²) >= 11 is 0. The molecule has 1 aliphatic heterocycles. The van der Waals surface area contributed by atoms with E-state index in [4.69, 9.17) is 5.73 Å². The quantitative estimate of drug-likeness (QED) is 0.808. The van der Waals surface area contributed by atoms with Gasteiger partial charge in [-0.2, -0.15) is 0 Å². The fourth-order valence-electron chi connectivity index (χ4n) is 2.25. The number of carbonyl (C=O) groups is 1. The molecule has 1 aromatic rings. The van der Waals surface area contributed by atoms with Gasteiger partial charge < -0.3 is 10.6 Å². The fraction of sp³-hybridized carbons (Fsp3) is 0.462. The smallest absolute Gasteiger partial charge is 0.254 e. The third-order valence-corrected chi connectivity index (χ3v) is 3.58. The van der Waals surface area contributed by atoms with Crippen molar-refractivity contribution >= 4 is 5.91 Å². The molecule has 1 aliphatic rings. The van der Waals surface area contributed by atoms with E-state index in [2.05, 4.69) is 0 Å². The lowest BCUT2D eigenvalue weighted by Crippen LogP contribution is -2.51. The molecule has 92 valence electrons. The van der Waals surface area contributed by atoms with Crippen molar-refractivity contribution in [3.05, 3.63) is 35.6 Å². The van der Waals surface area contributed by atoms with Gasteiger partial charge in [-0.05, 0) is 38.5 Å². The van der Waals surface area contributed by atoms with Crippen molar-refractivity contribution in [2.75, 3.05) is 6.54 Å². The topological polar surface area (TPSA) is 46.3 Å². The van der Waals surface area contributed by atoms with E-state index in [0.29, 0.717) is 12.1 Å². The minimum atomic E-state index is -0.392. The molecule has 1 heterocycles. The van der Waals surface area contributed by atoms with Gasteiger partial charge in [-0.25, -0.2) is 4.39 Å². The first-order valence-corrected chi connectivity index (χ1v) is 5.76. The average Bonchev–Trinajstić information content (AvgIpc) is 2.53. The van der Waals surface area contributed by atoms with Crippen molar-refractivity contribution in [2.24, 2.45) is 5.73 Å². The molecular weight excluding hydrogens is 219 g/mol. The SMILES string of the molecule is CC1(C)C(N)CCN1C(=O)c1cccc(F)c1. The molecule has 1 atom stereocenters. The predicted molar refractivity (Wildman–Crippen MR) is 64.1 cm³/mol. The second kappa shape index (κ2) is 4.11. The maximum Gasteiger partial charge on any atom is 0.254 e. The van der Waals surface area contributed by atoms with Crippen molar-refractivity contribution in [1.29, 1.82) is 0 Å². The highest BCUT2D eigenvalue weighted by molar-refractivity contribution is 5.95. The zero-order chi connectivity index (χ0) is 12.6. The van der Waals surface area contributed by atoms with Gasteiger partial charge in [0.15, 0.2) is 0 Å². The number of nitrogens with zero attached hydrogens (tertiary/aromatic N) is 1. The van der Waals surface area contributed by atoms with Crippen LogP contribution in [-0.2, 0) is 0 Å². The molecule has 1 unspecified atom stereocenters. The number of likely N-dealkylation sites (tertiary alicyclic amines) is 1. The Balaban J connectivity index is 2.27. The van der Waals surface area contributed by atoms with Gasteiger partial charge in [-0.1, -0.05) is 6.07 Å². The summed E-state index contributed by atoms with van der Waals surface area (Å²) in [6, 6.07) is 5.75. The Hall–Kier alpha value is -1.42.